The van der Waals surface area contributed by atoms with E-state index in [1.165, 1.54) is 0 Å². The predicted octanol–water partition coefficient (Wildman–Crippen LogP) is 4.81. The lowest BCUT2D eigenvalue weighted by molar-refractivity contribution is 0.104. The van der Waals surface area contributed by atoms with Crippen LogP contribution in [0.3, 0.4) is 0 Å². The van der Waals surface area contributed by atoms with Gasteiger partial charge in [0.2, 0.25) is 0 Å². The normalized spacial score (nSPS) is 13.3. The SMILES string of the molecule is CCOP(=O)(OCC)OC(C#C[Si](C)(C)C)c1ccccc1. The van der Waals surface area contributed by atoms with Crippen LogP contribution >= 0.6 is 7.82 Å². The van der Waals surface area contributed by atoms with Gasteiger partial charge in [-0.25, -0.2) is 4.57 Å². The quantitative estimate of drug-likeness (QED) is 0.406. The van der Waals surface area contributed by atoms with Gasteiger partial charge in [-0.15, -0.1) is 5.54 Å². The molecule has 122 valence electrons. The number of rotatable bonds is 7. The zero-order valence-corrected chi connectivity index (χ0v) is 15.9. The molecule has 0 aliphatic rings. The van der Waals surface area contributed by atoms with Crippen molar-refractivity contribution in [1.82, 2.24) is 0 Å². The molecule has 1 atom stereocenters. The van der Waals surface area contributed by atoms with E-state index in [1.807, 2.05) is 30.3 Å². The van der Waals surface area contributed by atoms with Crippen LogP contribution in [0.2, 0.25) is 19.6 Å². The fraction of sp³-hybridized carbons (Fsp3) is 0.500. The fourth-order valence-electron chi connectivity index (χ4n) is 1.62. The van der Waals surface area contributed by atoms with Crippen LogP contribution < -0.4 is 0 Å². The van der Waals surface area contributed by atoms with Crippen molar-refractivity contribution in [1.29, 1.82) is 0 Å². The molecule has 0 radical (unpaired) electrons. The average Bonchev–Trinajstić information content (AvgIpc) is 2.44. The van der Waals surface area contributed by atoms with Crippen LogP contribution in [0.15, 0.2) is 30.3 Å². The Hall–Kier alpha value is -0.893. The van der Waals surface area contributed by atoms with Gasteiger partial charge in [0, 0.05) is 0 Å². The van der Waals surface area contributed by atoms with Crippen molar-refractivity contribution in [3.8, 4) is 11.5 Å². The number of hydrogen-bond donors (Lipinski definition) is 0. The molecule has 1 rings (SSSR count). The van der Waals surface area contributed by atoms with Crippen LogP contribution in [0, 0.1) is 11.5 Å². The van der Waals surface area contributed by atoms with Gasteiger partial charge in [-0.2, -0.15) is 0 Å². The summed E-state index contributed by atoms with van der Waals surface area (Å²) < 4.78 is 28.7. The van der Waals surface area contributed by atoms with E-state index in [0.29, 0.717) is 0 Å². The summed E-state index contributed by atoms with van der Waals surface area (Å²) in [6.45, 7) is 10.4. The second kappa shape index (κ2) is 8.66. The fourth-order valence-corrected chi connectivity index (χ4v) is 3.45. The molecule has 0 N–H and O–H groups in total. The lowest BCUT2D eigenvalue weighted by Crippen LogP contribution is -2.17. The van der Waals surface area contributed by atoms with Gasteiger partial charge >= 0.3 is 7.82 Å². The van der Waals surface area contributed by atoms with E-state index < -0.39 is 22.0 Å². The summed E-state index contributed by atoms with van der Waals surface area (Å²) in [5.74, 6) is 3.11. The molecule has 6 heteroatoms. The van der Waals surface area contributed by atoms with Crippen molar-refractivity contribution in [3.05, 3.63) is 35.9 Å². The minimum absolute atomic E-state index is 0.250. The summed E-state index contributed by atoms with van der Waals surface area (Å²) in [5.41, 5.74) is 4.10. The molecule has 0 saturated carbocycles. The zero-order chi connectivity index (χ0) is 16.6. The highest BCUT2D eigenvalue weighted by Crippen LogP contribution is 2.52. The van der Waals surface area contributed by atoms with Crippen LogP contribution in [0.1, 0.15) is 25.5 Å². The molecule has 0 aromatic heterocycles. The molecule has 22 heavy (non-hydrogen) atoms. The van der Waals surface area contributed by atoms with Crippen LogP contribution in [0.5, 0.6) is 0 Å². The molecule has 0 aliphatic carbocycles. The highest BCUT2D eigenvalue weighted by atomic mass is 31.2. The second-order valence-electron chi connectivity index (χ2n) is 5.70. The highest BCUT2D eigenvalue weighted by molar-refractivity contribution is 7.48. The third-order valence-electron chi connectivity index (χ3n) is 2.49. The average molecular weight is 340 g/mol. The van der Waals surface area contributed by atoms with Crippen molar-refractivity contribution < 1.29 is 18.1 Å². The van der Waals surface area contributed by atoms with Crippen molar-refractivity contribution in [3.63, 3.8) is 0 Å². The molecule has 0 saturated heterocycles. The summed E-state index contributed by atoms with van der Waals surface area (Å²) in [5, 5.41) is 0. The lowest BCUT2D eigenvalue weighted by atomic mass is 10.1. The molecule has 1 unspecified atom stereocenters. The molecule has 0 bridgehead atoms. The largest absolute Gasteiger partial charge is 0.476 e. The smallest absolute Gasteiger partial charge is 0.287 e. The Bertz CT molecular complexity index is 547. The van der Waals surface area contributed by atoms with Gasteiger partial charge < -0.3 is 0 Å². The first-order valence-electron chi connectivity index (χ1n) is 7.45. The Balaban J connectivity index is 3.09. The van der Waals surface area contributed by atoms with E-state index in [9.17, 15) is 4.57 Å². The minimum Gasteiger partial charge on any atom is -0.287 e. The Kier molecular flexibility index (Phi) is 7.54. The van der Waals surface area contributed by atoms with E-state index in [1.54, 1.807) is 13.8 Å². The van der Waals surface area contributed by atoms with E-state index in [2.05, 4.69) is 31.1 Å². The molecule has 0 spiro atoms. The second-order valence-corrected chi connectivity index (χ2v) is 12.1. The monoisotopic (exact) mass is 340 g/mol. The van der Waals surface area contributed by atoms with Crippen molar-refractivity contribution in [2.45, 2.75) is 39.6 Å². The molecule has 0 amide bonds. The molecule has 1 aromatic carbocycles. The maximum Gasteiger partial charge on any atom is 0.476 e. The van der Waals surface area contributed by atoms with Crippen LogP contribution in [-0.4, -0.2) is 21.3 Å². The summed E-state index contributed by atoms with van der Waals surface area (Å²) in [7, 11) is -5.19. The molecule has 0 fully saturated rings. The van der Waals surface area contributed by atoms with Crippen LogP contribution in [0.4, 0.5) is 0 Å². The lowest BCUT2D eigenvalue weighted by Gasteiger charge is -2.21. The first-order chi connectivity index (χ1) is 10.3. The maximum absolute atomic E-state index is 12.6. The molecular weight excluding hydrogens is 315 g/mol. The van der Waals surface area contributed by atoms with Gasteiger partial charge in [0.15, 0.2) is 6.10 Å². The van der Waals surface area contributed by atoms with E-state index in [-0.39, 0.29) is 13.2 Å². The first kappa shape index (κ1) is 19.2. The number of phosphoric acid groups is 1. The Morgan fingerprint density at radius 3 is 2.09 bits per heavy atom. The zero-order valence-electron chi connectivity index (χ0n) is 14.0. The third kappa shape index (κ3) is 6.91. The molecular formula is C16H25O4PSi. The molecule has 1 aromatic rings. The van der Waals surface area contributed by atoms with Crippen molar-refractivity contribution >= 4 is 15.9 Å². The first-order valence-corrected chi connectivity index (χ1v) is 12.4. The van der Waals surface area contributed by atoms with Gasteiger partial charge in [0.25, 0.3) is 0 Å². The summed E-state index contributed by atoms with van der Waals surface area (Å²) in [4.78, 5) is 0. The Morgan fingerprint density at radius 2 is 1.64 bits per heavy atom. The van der Waals surface area contributed by atoms with E-state index >= 15 is 0 Å². The van der Waals surface area contributed by atoms with Crippen molar-refractivity contribution in [2.75, 3.05) is 13.2 Å². The van der Waals surface area contributed by atoms with Gasteiger partial charge in [0.05, 0.1) is 13.2 Å². The maximum atomic E-state index is 12.6. The van der Waals surface area contributed by atoms with Crippen LogP contribution in [-0.2, 0) is 18.1 Å². The predicted molar refractivity (Wildman–Crippen MR) is 92.2 cm³/mol. The van der Waals surface area contributed by atoms with Gasteiger partial charge in [-0.3, -0.25) is 13.6 Å². The highest BCUT2D eigenvalue weighted by Gasteiger charge is 2.30. The van der Waals surface area contributed by atoms with Gasteiger partial charge in [0.1, 0.15) is 8.07 Å². The van der Waals surface area contributed by atoms with Gasteiger partial charge in [-0.1, -0.05) is 55.9 Å². The van der Waals surface area contributed by atoms with Crippen molar-refractivity contribution in [2.24, 2.45) is 0 Å². The Morgan fingerprint density at radius 1 is 1.09 bits per heavy atom. The number of phosphoric ester groups is 1. The molecule has 4 nitrogen and oxygen atoms in total. The van der Waals surface area contributed by atoms with Crippen LogP contribution in [0.25, 0.3) is 0 Å². The molecule has 0 heterocycles. The van der Waals surface area contributed by atoms with E-state index in [0.717, 1.165) is 5.56 Å². The third-order valence-corrected chi connectivity index (χ3v) is 5.00. The molecule has 0 aliphatic heterocycles. The minimum atomic E-state index is -3.61. The summed E-state index contributed by atoms with van der Waals surface area (Å²) >= 11 is 0. The standard InChI is InChI=1S/C16H25O4PSi/c1-6-18-21(17,19-7-2)20-16(13-14-22(3,4)5)15-11-9-8-10-12-15/h8-12,16H,6-7H2,1-5H3. The summed E-state index contributed by atoms with van der Waals surface area (Å²) in [6, 6.07) is 9.50. The Labute approximate surface area is 134 Å². The number of benzene rings is 1. The summed E-state index contributed by atoms with van der Waals surface area (Å²) in [6.07, 6.45) is -0.628. The topological polar surface area (TPSA) is 44.8 Å². The number of hydrogen-bond acceptors (Lipinski definition) is 4. The van der Waals surface area contributed by atoms with E-state index in [4.69, 9.17) is 13.6 Å². The van der Waals surface area contributed by atoms with Gasteiger partial charge in [-0.05, 0) is 19.4 Å².